The number of anilines is 2. The van der Waals surface area contributed by atoms with E-state index in [1.807, 2.05) is 13.0 Å². The van der Waals surface area contributed by atoms with E-state index in [-0.39, 0.29) is 0 Å². The Balaban J connectivity index is 2.13. The highest BCUT2D eigenvalue weighted by Gasteiger charge is 2.34. The molecule has 1 aliphatic carbocycles. The van der Waals surface area contributed by atoms with Gasteiger partial charge in [0, 0.05) is 18.7 Å². The van der Waals surface area contributed by atoms with Gasteiger partial charge in [-0.2, -0.15) is 0 Å². The van der Waals surface area contributed by atoms with Crippen molar-refractivity contribution >= 4 is 11.6 Å². The summed E-state index contributed by atoms with van der Waals surface area (Å²) in [5, 5.41) is 3.52. The van der Waals surface area contributed by atoms with E-state index in [9.17, 15) is 0 Å². The molecular weight excluding hydrogens is 254 g/mol. The van der Waals surface area contributed by atoms with Crippen LogP contribution in [0.2, 0.25) is 0 Å². The molecule has 1 aromatic heterocycles. The van der Waals surface area contributed by atoms with E-state index in [0.29, 0.717) is 36.3 Å². The first-order valence-corrected chi connectivity index (χ1v) is 7.24. The molecule has 4 N–H and O–H groups in total. The van der Waals surface area contributed by atoms with E-state index in [1.165, 1.54) is 19.3 Å². The smallest absolute Gasteiger partial charge is 0.158 e. The van der Waals surface area contributed by atoms with Gasteiger partial charge in [-0.05, 0) is 25.2 Å². The Morgan fingerprint density at radius 1 is 1.40 bits per heavy atom. The van der Waals surface area contributed by atoms with E-state index in [0.717, 1.165) is 5.82 Å². The molecule has 0 amide bonds. The molecular formula is C14H25N5O. The molecule has 6 nitrogen and oxygen atoms in total. The zero-order valence-electron chi connectivity index (χ0n) is 12.6. The average Bonchev–Trinajstić information content (AvgIpc) is 2.75. The Kier molecular flexibility index (Phi) is 4.77. The van der Waals surface area contributed by atoms with Crippen LogP contribution in [-0.4, -0.2) is 22.6 Å². The molecule has 1 unspecified atom stereocenters. The Bertz CT molecular complexity index is 449. The third-order valence-electron chi connectivity index (χ3n) is 3.93. The van der Waals surface area contributed by atoms with Gasteiger partial charge in [0.1, 0.15) is 18.2 Å². The standard InChI is InChI=1S/C14H25N5O/c1-4-20-9-13-17-11(8-12(18-13)19-15)16-10-6-5-7-14(10,2)3/h8,10H,4-7,9,15H2,1-3H3,(H2,16,17,18,19). The fourth-order valence-electron chi connectivity index (χ4n) is 2.68. The molecule has 1 heterocycles. The minimum atomic E-state index is 0.293. The summed E-state index contributed by atoms with van der Waals surface area (Å²) in [5.74, 6) is 7.52. The fraction of sp³-hybridized carbons (Fsp3) is 0.714. The molecule has 1 atom stereocenters. The van der Waals surface area contributed by atoms with Crippen LogP contribution in [0.25, 0.3) is 0 Å². The Morgan fingerprint density at radius 3 is 2.75 bits per heavy atom. The first kappa shape index (κ1) is 15.0. The van der Waals surface area contributed by atoms with Gasteiger partial charge < -0.3 is 15.5 Å². The number of rotatable bonds is 6. The van der Waals surface area contributed by atoms with Gasteiger partial charge in [0.25, 0.3) is 0 Å². The quantitative estimate of drug-likeness (QED) is 0.547. The molecule has 0 aliphatic heterocycles. The molecule has 0 spiro atoms. The molecule has 0 bridgehead atoms. The van der Waals surface area contributed by atoms with Crippen LogP contribution in [0.5, 0.6) is 0 Å². The van der Waals surface area contributed by atoms with Crippen LogP contribution in [-0.2, 0) is 11.3 Å². The first-order chi connectivity index (χ1) is 9.55. The van der Waals surface area contributed by atoms with Crippen LogP contribution >= 0.6 is 0 Å². The number of nitrogen functional groups attached to an aromatic ring is 1. The van der Waals surface area contributed by atoms with Crippen molar-refractivity contribution in [2.75, 3.05) is 17.3 Å². The van der Waals surface area contributed by atoms with Crippen molar-refractivity contribution < 1.29 is 4.74 Å². The minimum absolute atomic E-state index is 0.293. The lowest BCUT2D eigenvalue weighted by atomic mass is 9.87. The summed E-state index contributed by atoms with van der Waals surface area (Å²) in [6.07, 6.45) is 3.66. The molecule has 1 saturated carbocycles. The zero-order chi connectivity index (χ0) is 14.6. The lowest BCUT2D eigenvalue weighted by Gasteiger charge is -2.28. The Labute approximate surface area is 120 Å². The number of hydrogen-bond donors (Lipinski definition) is 3. The van der Waals surface area contributed by atoms with Crippen molar-refractivity contribution in [2.45, 2.75) is 52.7 Å². The van der Waals surface area contributed by atoms with Crippen molar-refractivity contribution in [1.29, 1.82) is 0 Å². The SMILES string of the molecule is CCOCc1nc(NN)cc(NC2CCCC2(C)C)n1. The van der Waals surface area contributed by atoms with Gasteiger partial charge in [-0.1, -0.05) is 20.3 Å². The lowest BCUT2D eigenvalue weighted by molar-refractivity contribution is 0.128. The van der Waals surface area contributed by atoms with Crippen molar-refractivity contribution in [3.05, 3.63) is 11.9 Å². The van der Waals surface area contributed by atoms with Gasteiger partial charge in [0.15, 0.2) is 5.82 Å². The largest absolute Gasteiger partial charge is 0.374 e. The number of aromatic nitrogens is 2. The summed E-state index contributed by atoms with van der Waals surface area (Å²) in [7, 11) is 0. The Morgan fingerprint density at radius 2 is 2.15 bits per heavy atom. The topological polar surface area (TPSA) is 85.1 Å². The maximum absolute atomic E-state index is 5.47. The maximum Gasteiger partial charge on any atom is 0.158 e. The first-order valence-electron chi connectivity index (χ1n) is 7.24. The molecule has 0 radical (unpaired) electrons. The van der Waals surface area contributed by atoms with E-state index >= 15 is 0 Å². The normalized spacial score (nSPS) is 20.9. The molecule has 2 rings (SSSR count). The van der Waals surface area contributed by atoms with E-state index in [1.54, 1.807) is 0 Å². The zero-order valence-corrected chi connectivity index (χ0v) is 12.6. The fourth-order valence-corrected chi connectivity index (χ4v) is 2.68. The molecule has 1 aromatic rings. The summed E-state index contributed by atoms with van der Waals surface area (Å²) in [4.78, 5) is 8.79. The third kappa shape index (κ3) is 3.58. The van der Waals surface area contributed by atoms with Gasteiger partial charge in [-0.15, -0.1) is 0 Å². The minimum Gasteiger partial charge on any atom is -0.374 e. The van der Waals surface area contributed by atoms with Crippen molar-refractivity contribution in [3.8, 4) is 0 Å². The summed E-state index contributed by atoms with van der Waals surface area (Å²) < 4.78 is 5.36. The van der Waals surface area contributed by atoms with Crippen LogP contribution in [0.15, 0.2) is 6.07 Å². The Hall–Kier alpha value is -1.40. The van der Waals surface area contributed by atoms with E-state index < -0.39 is 0 Å². The lowest BCUT2D eigenvalue weighted by Crippen LogP contribution is -2.31. The summed E-state index contributed by atoms with van der Waals surface area (Å²) in [6, 6.07) is 2.27. The second-order valence-corrected chi connectivity index (χ2v) is 5.91. The molecule has 6 heteroatoms. The summed E-state index contributed by atoms with van der Waals surface area (Å²) in [6.45, 7) is 7.58. The predicted molar refractivity (Wildman–Crippen MR) is 80.2 cm³/mol. The maximum atomic E-state index is 5.47. The second-order valence-electron chi connectivity index (χ2n) is 5.91. The van der Waals surface area contributed by atoms with Crippen molar-refractivity contribution in [3.63, 3.8) is 0 Å². The van der Waals surface area contributed by atoms with Crippen LogP contribution < -0.4 is 16.6 Å². The van der Waals surface area contributed by atoms with Crippen LogP contribution in [0.3, 0.4) is 0 Å². The van der Waals surface area contributed by atoms with E-state index in [4.69, 9.17) is 10.6 Å². The average molecular weight is 279 g/mol. The van der Waals surface area contributed by atoms with Crippen LogP contribution in [0.4, 0.5) is 11.6 Å². The molecule has 0 aromatic carbocycles. The highest BCUT2D eigenvalue weighted by molar-refractivity contribution is 5.47. The van der Waals surface area contributed by atoms with Crippen molar-refractivity contribution in [2.24, 2.45) is 11.3 Å². The molecule has 0 saturated heterocycles. The number of nitrogens with one attached hydrogen (secondary N) is 2. The van der Waals surface area contributed by atoms with Gasteiger partial charge in [-0.3, -0.25) is 0 Å². The molecule has 1 fully saturated rings. The molecule has 112 valence electrons. The number of ether oxygens (including phenoxy) is 1. The highest BCUT2D eigenvalue weighted by Crippen LogP contribution is 2.38. The third-order valence-corrected chi connectivity index (χ3v) is 3.93. The van der Waals surface area contributed by atoms with Gasteiger partial charge >= 0.3 is 0 Å². The number of nitrogens with zero attached hydrogens (tertiary/aromatic N) is 2. The molecule has 20 heavy (non-hydrogen) atoms. The molecule has 1 aliphatic rings. The number of hydrogen-bond acceptors (Lipinski definition) is 6. The number of hydrazine groups is 1. The van der Waals surface area contributed by atoms with Gasteiger partial charge in [0.05, 0.1) is 0 Å². The second kappa shape index (κ2) is 6.37. The number of nitrogens with two attached hydrogens (primary N) is 1. The van der Waals surface area contributed by atoms with Gasteiger partial charge in [0.2, 0.25) is 0 Å². The highest BCUT2D eigenvalue weighted by atomic mass is 16.5. The van der Waals surface area contributed by atoms with E-state index in [2.05, 4.69) is 34.6 Å². The van der Waals surface area contributed by atoms with Gasteiger partial charge in [-0.25, -0.2) is 15.8 Å². The monoisotopic (exact) mass is 279 g/mol. The van der Waals surface area contributed by atoms with Crippen LogP contribution in [0, 0.1) is 5.41 Å². The summed E-state index contributed by atoms with van der Waals surface area (Å²) in [5.41, 5.74) is 2.88. The van der Waals surface area contributed by atoms with Crippen molar-refractivity contribution in [1.82, 2.24) is 9.97 Å². The summed E-state index contributed by atoms with van der Waals surface area (Å²) >= 11 is 0. The van der Waals surface area contributed by atoms with Crippen LogP contribution in [0.1, 0.15) is 45.9 Å². The predicted octanol–water partition coefficient (Wildman–Crippen LogP) is 2.29.